The first-order valence-corrected chi connectivity index (χ1v) is 5.33. The standard InChI is InChI=1S/C10H22N2O3/c1-9(2)11-10(15)8-12(5-7-14)4-3-6-13/h9,13-14H,3-8H2,1-2H3,(H,11,15). The molecule has 0 fully saturated rings. The summed E-state index contributed by atoms with van der Waals surface area (Å²) in [4.78, 5) is 13.2. The van der Waals surface area contributed by atoms with Crippen LogP contribution in [0, 0.1) is 0 Å². The molecule has 0 aromatic carbocycles. The first-order valence-electron chi connectivity index (χ1n) is 5.33. The molecular formula is C10H22N2O3. The van der Waals surface area contributed by atoms with Gasteiger partial charge in [-0.25, -0.2) is 0 Å². The van der Waals surface area contributed by atoms with Gasteiger partial charge in [0.2, 0.25) is 5.91 Å². The lowest BCUT2D eigenvalue weighted by Gasteiger charge is -2.20. The third-order valence-electron chi connectivity index (χ3n) is 1.87. The Balaban J connectivity index is 3.86. The fourth-order valence-electron chi connectivity index (χ4n) is 1.28. The largest absolute Gasteiger partial charge is 0.396 e. The zero-order valence-corrected chi connectivity index (χ0v) is 9.57. The Hall–Kier alpha value is -0.650. The molecule has 0 aromatic heterocycles. The first-order chi connectivity index (χ1) is 7.10. The number of nitrogens with zero attached hydrogens (tertiary/aromatic N) is 1. The van der Waals surface area contributed by atoms with Gasteiger partial charge in [-0.15, -0.1) is 0 Å². The van der Waals surface area contributed by atoms with Gasteiger partial charge >= 0.3 is 0 Å². The third-order valence-corrected chi connectivity index (χ3v) is 1.87. The van der Waals surface area contributed by atoms with Crippen LogP contribution in [0.15, 0.2) is 0 Å². The van der Waals surface area contributed by atoms with E-state index < -0.39 is 0 Å². The van der Waals surface area contributed by atoms with Crippen LogP contribution in [0.1, 0.15) is 20.3 Å². The van der Waals surface area contributed by atoms with E-state index in [0.29, 0.717) is 19.5 Å². The number of nitrogens with one attached hydrogen (secondary N) is 1. The highest BCUT2D eigenvalue weighted by atomic mass is 16.3. The lowest BCUT2D eigenvalue weighted by Crippen LogP contribution is -2.41. The van der Waals surface area contributed by atoms with Gasteiger partial charge in [-0.1, -0.05) is 0 Å². The summed E-state index contributed by atoms with van der Waals surface area (Å²) in [6.07, 6.45) is 0.620. The highest BCUT2D eigenvalue weighted by molar-refractivity contribution is 5.78. The molecule has 3 N–H and O–H groups in total. The molecule has 0 aliphatic heterocycles. The van der Waals surface area contributed by atoms with Gasteiger partial charge < -0.3 is 15.5 Å². The maximum Gasteiger partial charge on any atom is 0.234 e. The van der Waals surface area contributed by atoms with Crippen LogP contribution in [0.25, 0.3) is 0 Å². The molecule has 5 heteroatoms. The molecule has 0 saturated carbocycles. The SMILES string of the molecule is CC(C)NC(=O)CN(CCO)CCCO. The molecule has 0 saturated heterocycles. The van der Waals surface area contributed by atoms with Crippen molar-refractivity contribution in [2.45, 2.75) is 26.3 Å². The monoisotopic (exact) mass is 218 g/mol. The topological polar surface area (TPSA) is 72.8 Å². The number of aliphatic hydroxyl groups excluding tert-OH is 2. The number of hydrogen-bond donors (Lipinski definition) is 3. The second-order valence-corrected chi connectivity index (χ2v) is 3.80. The quantitative estimate of drug-likeness (QED) is 0.498. The van der Waals surface area contributed by atoms with Gasteiger partial charge in [0, 0.05) is 25.7 Å². The van der Waals surface area contributed by atoms with E-state index in [1.165, 1.54) is 0 Å². The van der Waals surface area contributed by atoms with Crippen LogP contribution in [0.5, 0.6) is 0 Å². The average Bonchev–Trinajstić information content (AvgIpc) is 2.13. The Kier molecular flexibility index (Phi) is 8.27. The molecule has 0 rings (SSSR count). The maximum absolute atomic E-state index is 11.4. The van der Waals surface area contributed by atoms with Crippen molar-refractivity contribution in [1.29, 1.82) is 0 Å². The second kappa shape index (κ2) is 8.64. The summed E-state index contributed by atoms with van der Waals surface area (Å²) in [5.41, 5.74) is 0. The summed E-state index contributed by atoms with van der Waals surface area (Å²) < 4.78 is 0. The van der Waals surface area contributed by atoms with Crippen molar-refractivity contribution in [3.05, 3.63) is 0 Å². The van der Waals surface area contributed by atoms with Crippen LogP contribution in [0.2, 0.25) is 0 Å². The van der Waals surface area contributed by atoms with Crippen LogP contribution >= 0.6 is 0 Å². The Morgan fingerprint density at radius 2 is 1.93 bits per heavy atom. The van der Waals surface area contributed by atoms with E-state index in [4.69, 9.17) is 10.2 Å². The highest BCUT2D eigenvalue weighted by Gasteiger charge is 2.10. The predicted octanol–water partition coefficient (Wildman–Crippen LogP) is -0.812. The Labute approximate surface area is 91.1 Å². The van der Waals surface area contributed by atoms with Crippen molar-refractivity contribution in [3.63, 3.8) is 0 Å². The van der Waals surface area contributed by atoms with Crippen molar-refractivity contribution < 1.29 is 15.0 Å². The molecular weight excluding hydrogens is 196 g/mol. The molecule has 0 aliphatic rings. The fraction of sp³-hybridized carbons (Fsp3) is 0.900. The van der Waals surface area contributed by atoms with E-state index >= 15 is 0 Å². The minimum atomic E-state index is -0.0450. The summed E-state index contributed by atoms with van der Waals surface area (Å²) in [5, 5.41) is 20.3. The van der Waals surface area contributed by atoms with Crippen molar-refractivity contribution in [2.24, 2.45) is 0 Å². The van der Waals surface area contributed by atoms with Gasteiger partial charge in [0.25, 0.3) is 0 Å². The summed E-state index contributed by atoms with van der Waals surface area (Å²) >= 11 is 0. The minimum absolute atomic E-state index is 0.0282. The number of carbonyl (C=O) groups is 1. The second-order valence-electron chi connectivity index (χ2n) is 3.80. The Bertz CT molecular complexity index is 174. The summed E-state index contributed by atoms with van der Waals surface area (Å²) in [6.45, 7) is 5.31. The average molecular weight is 218 g/mol. The van der Waals surface area contributed by atoms with Gasteiger partial charge in [-0.05, 0) is 20.3 Å². The lowest BCUT2D eigenvalue weighted by molar-refractivity contribution is -0.122. The number of hydrogen-bond acceptors (Lipinski definition) is 4. The van der Waals surface area contributed by atoms with Gasteiger partial charge in [0.15, 0.2) is 0 Å². The number of rotatable bonds is 8. The molecule has 0 spiro atoms. The van der Waals surface area contributed by atoms with Gasteiger partial charge in [0.05, 0.1) is 13.2 Å². The zero-order valence-electron chi connectivity index (χ0n) is 9.57. The zero-order chi connectivity index (χ0) is 11.7. The van der Waals surface area contributed by atoms with Gasteiger partial charge in [-0.3, -0.25) is 9.69 Å². The number of carbonyl (C=O) groups excluding carboxylic acids is 1. The normalized spacial score (nSPS) is 11.1. The van der Waals surface area contributed by atoms with Gasteiger partial charge in [-0.2, -0.15) is 0 Å². The summed E-state index contributed by atoms with van der Waals surface area (Å²) in [6, 6.07) is 0.131. The predicted molar refractivity (Wildman–Crippen MR) is 58.5 cm³/mol. The number of aliphatic hydroxyl groups is 2. The minimum Gasteiger partial charge on any atom is -0.396 e. The van der Waals surface area contributed by atoms with Gasteiger partial charge in [0.1, 0.15) is 0 Å². The van der Waals surface area contributed by atoms with E-state index in [1.54, 1.807) is 0 Å². The van der Waals surface area contributed by atoms with Crippen molar-refractivity contribution in [1.82, 2.24) is 10.2 Å². The lowest BCUT2D eigenvalue weighted by atomic mass is 10.3. The van der Waals surface area contributed by atoms with Crippen LogP contribution in [-0.2, 0) is 4.79 Å². The van der Waals surface area contributed by atoms with E-state index in [9.17, 15) is 4.79 Å². The molecule has 0 aromatic rings. The summed E-state index contributed by atoms with van der Waals surface area (Å²) in [7, 11) is 0. The molecule has 0 unspecified atom stereocenters. The molecule has 0 radical (unpaired) electrons. The highest BCUT2D eigenvalue weighted by Crippen LogP contribution is 1.91. The van der Waals surface area contributed by atoms with Crippen LogP contribution in [0.3, 0.4) is 0 Å². The fourth-order valence-corrected chi connectivity index (χ4v) is 1.28. The molecule has 0 aliphatic carbocycles. The van der Waals surface area contributed by atoms with Crippen LogP contribution in [0.4, 0.5) is 0 Å². The van der Waals surface area contributed by atoms with E-state index in [1.807, 2.05) is 18.7 Å². The third kappa shape index (κ3) is 8.35. The molecule has 15 heavy (non-hydrogen) atoms. The molecule has 0 bridgehead atoms. The molecule has 90 valence electrons. The molecule has 0 atom stereocenters. The van der Waals surface area contributed by atoms with Crippen molar-refractivity contribution in [2.75, 3.05) is 32.8 Å². The number of amides is 1. The smallest absolute Gasteiger partial charge is 0.234 e. The first kappa shape index (κ1) is 14.3. The molecule has 1 amide bonds. The Morgan fingerprint density at radius 3 is 2.40 bits per heavy atom. The van der Waals surface area contributed by atoms with E-state index in [0.717, 1.165) is 0 Å². The summed E-state index contributed by atoms with van der Waals surface area (Å²) in [5.74, 6) is -0.0450. The maximum atomic E-state index is 11.4. The van der Waals surface area contributed by atoms with E-state index in [2.05, 4.69) is 5.32 Å². The Morgan fingerprint density at radius 1 is 1.27 bits per heavy atom. The van der Waals surface area contributed by atoms with E-state index in [-0.39, 0.29) is 31.7 Å². The van der Waals surface area contributed by atoms with Crippen LogP contribution < -0.4 is 5.32 Å². The molecule has 0 heterocycles. The van der Waals surface area contributed by atoms with Crippen molar-refractivity contribution >= 4 is 5.91 Å². The van der Waals surface area contributed by atoms with Crippen molar-refractivity contribution in [3.8, 4) is 0 Å². The van der Waals surface area contributed by atoms with Crippen LogP contribution in [-0.4, -0.2) is 59.9 Å². The molecule has 5 nitrogen and oxygen atoms in total.